The Morgan fingerprint density at radius 3 is 2.79 bits per heavy atom. The number of phenolic OH excluding ortho intramolecular Hbond substituents is 1. The van der Waals surface area contributed by atoms with Gasteiger partial charge in [0.05, 0.1) is 12.7 Å². The first-order valence-electron chi connectivity index (χ1n) is 6.89. The molecule has 1 unspecified atom stereocenters. The number of morpholine rings is 1. The van der Waals surface area contributed by atoms with Crippen molar-refractivity contribution in [1.29, 1.82) is 0 Å². The largest absolute Gasteiger partial charge is 0.508 e. The van der Waals surface area contributed by atoms with Crippen LogP contribution in [0.2, 0.25) is 0 Å². The Hall–Kier alpha value is -0.710. The average molecular weight is 281 g/mol. The van der Waals surface area contributed by atoms with Crippen molar-refractivity contribution in [2.75, 3.05) is 32.0 Å². The number of hydrogen-bond donors (Lipinski definition) is 1. The number of hydrogen-bond acceptors (Lipinski definition) is 4. The summed E-state index contributed by atoms with van der Waals surface area (Å²) in [7, 11) is 0. The summed E-state index contributed by atoms with van der Waals surface area (Å²) in [6.45, 7) is 8.60. The topological polar surface area (TPSA) is 32.7 Å². The number of aromatic hydroxyl groups is 1. The van der Waals surface area contributed by atoms with E-state index in [1.54, 1.807) is 23.9 Å². The minimum Gasteiger partial charge on any atom is -0.508 e. The van der Waals surface area contributed by atoms with Crippen LogP contribution in [0.3, 0.4) is 0 Å². The van der Waals surface area contributed by atoms with Crippen LogP contribution in [-0.4, -0.2) is 48.1 Å². The van der Waals surface area contributed by atoms with Crippen LogP contribution in [0.5, 0.6) is 5.75 Å². The van der Waals surface area contributed by atoms with E-state index in [1.807, 2.05) is 12.1 Å². The highest BCUT2D eigenvalue weighted by Gasteiger charge is 2.20. The minimum absolute atomic E-state index is 0.311. The van der Waals surface area contributed by atoms with Crippen molar-refractivity contribution in [2.45, 2.75) is 24.8 Å². The van der Waals surface area contributed by atoms with Crippen molar-refractivity contribution in [2.24, 2.45) is 5.92 Å². The predicted molar refractivity (Wildman–Crippen MR) is 79.8 cm³/mol. The molecule has 0 aromatic heterocycles. The molecule has 1 aromatic rings. The molecule has 0 spiro atoms. The Kier molecular flexibility index (Phi) is 5.55. The third-order valence-corrected chi connectivity index (χ3v) is 4.26. The van der Waals surface area contributed by atoms with Gasteiger partial charge >= 0.3 is 0 Å². The second-order valence-electron chi connectivity index (χ2n) is 5.45. The van der Waals surface area contributed by atoms with E-state index in [0.29, 0.717) is 17.8 Å². The molecular weight excluding hydrogens is 258 g/mol. The van der Waals surface area contributed by atoms with E-state index in [2.05, 4.69) is 18.7 Å². The lowest BCUT2D eigenvalue weighted by atomic mass is 10.2. The molecular formula is C15H23NO2S. The van der Waals surface area contributed by atoms with E-state index in [-0.39, 0.29) is 0 Å². The Balaban J connectivity index is 1.77. The second-order valence-corrected chi connectivity index (χ2v) is 6.54. The first-order chi connectivity index (χ1) is 9.13. The monoisotopic (exact) mass is 281 g/mol. The van der Waals surface area contributed by atoms with Crippen LogP contribution in [-0.2, 0) is 4.74 Å². The predicted octanol–water partition coefficient (Wildman–Crippen LogP) is 2.84. The summed E-state index contributed by atoms with van der Waals surface area (Å²) in [5.74, 6) is 2.00. The van der Waals surface area contributed by atoms with Gasteiger partial charge in [-0.2, -0.15) is 0 Å². The number of nitrogens with zero attached hydrogens (tertiary/aromatic N) is 1. The van der Waals surface area contributed by atoms with Crippen molar-refractivity contribution < 1.29 is 9.84 Å². The van der Waals surface area contributed by atoms with Gasteiger partial charge in [-0.15, -0.1) is 11.8 Å². The van der Waals surface area contributed by atoms with E-state index in [4.69, 9.17) is 4.74 Å². The number of benzene rings is 1. The van der Waals surface area contributed by atoms with Crippen LogP contribution >= 0.6 is 11.8 Å². The molecule has 1 N–H and O–H groups in total. The average Bonchev–Trinajstić information content (AvgIpc) is 2.38. The molecule has 1 fully saturated rings. The van der Waals surface area contributed by atoms with Crippen LogP contribution in [0.15, 0.2) is 29.2 Å². The minimum atomic E-state index is 0.311. The maximum atomic E-state index is 9.25. The van der Waals surface area contributed by atoms with Crippen LogP contribution in [0.1, 0.15) is 13.8 Å². The molecule has 1 aliphatic heterocycles. The molecule has 106 valence electrons. The van der Waals surface area contributed by atoms with Crippen molar-refractivity contribution in [3.8, 4) is 5.75 Å². The van der Waals surface area contributed by atoms with Crippen molar-refractivity contribution >= 4 is 11.8 Å². The quantitative estimate of drug-likeness (QED) is 0.841. The molecule has 0 radical (unpaired) electrons. The smallest absolute Gasteiger partial charge is 0.115 e. The Morgan fingerprint density at radius 2 is 2.11 bits per heavy atom. The van der Waals surface area contributed by atoms with Gasteiger partial charge in [0.1, 0.15) is 5.75 Å². The van der Waals surface area contributed by atoms with Gasteiger partial charge in [-0.3, -0.25) is 4.90 Å². The first kappa shape index (κ1) is 14.7. The summed E-state index contributed by atoms with van der Waals surface area (Å²) in [6, 6.07) is 7.37. The molecule has 1 saturated heterocycles. The Bertz CT molecular complexity index is 380. The lowest BCUT2D eigenvalue weighted by molar-refractivity contribution is -0.0191. The van der Waals surface area contributed by atoms with Crippen LogP contribution in [0.25, 0.3) is 0 Å². The zero-order chi connectivity index (χ0) is 13.7. The molecule has 0 amide bonds. The van der Waals surface area contributed by atoms with Crippen molar-refractivity contribution in [1.82, 2.24) is 4.90 Å². The molecule has 0 bridgehead atoms. The third kappa shape index (κ3) is 5.05. The standard InChI is InChI=1S/C15H23NO2S/c1-12(2)9-16-7-8-18-14(10-16)11-19-15-5-3-13(17)4-6-15/h3-6,12,14,17H,7-11H2,1-2H3. The number of thioether (sulfide) groups is 1. The fourth-order valence-corrected chi connectivity index (χ4v) is 3.20. The number of rotatable bonds is 5. The molecule has 0 aliphatic carbocycles. The summed E-state index contributed by atoms with van der Waals surface area (Å²) >= 11 is 1.79. The summed E-state index contributed by atoms with van der Waals surface area (Å²) in [6.07, 6.45) is 0.311. The molecule has 19 heavy (non-hydrogen) atoms. The fourth-order valence-electron chi connectivity index (χ4n) is 2.30. The first-order valence-corrected chi connectivity index (χ1v) is 7.88. The van der Waals surface area contributed by atoms with Gasteiger partial charge in [-0.05, 0) is 30.2 Å². The number of phenols is 1. The van der Waals surface area contributed by atoms with Gasteiger partial charge < -0.3 is 9.84 Å². The lowest BCUT2D eigenvalue weighted by Crippen LogP contribution is -2.44. The summed E-state index contributed by atoms with van der Waals surface area (Å²) in [4.78, 5) is 3.68. The zero-order valence-corrected chi connectivity index (χ0v) is 12.5. The fraction of sp³-hybridized carbons (Fsp3) is 0.600. The molecule has 0 saturated carbocycles. The molecule has 1 aromatic carbocycles. The highest BCUT2D eigenvalue weighted by Crippen LogP contribution is 2.23. The molecule has 2 rings (SSSR count). The van der Waals surface area contributed by atoms with E-state index in [9.17, 15) is 5.11 Å². The van der Waals surface area contributed by atoms with Gasteiger partial charge in [0.25, 0.3) is 0 Å². The number of ether oxygens (including phenoxy) is 1. The molecule has 1 atom stereocenters. The molecule has 4 heteroatoms. The van der Waals surface area contributed by atoms with E-state index < -0.39 is 0 Å². The normalized spacial score (nSPS) is 20.9. The second kappa shape index (κ2) is 7.17. The van der Waals surface area contributed by atoms with Gasteiger partial charge in [-0.25, -0.2) is 0 Å². The van der Waals surface area contributed by atoms with Gasteiger partial charge in [0.2, 0.25) is 0 Å². The van der Waals surface area contributed by atoms with Crippen molar-refractivity contribution in [3.05, 3.63) is 24.3 Å². The van der Waals surface area contributed by atoms with Crippen LogP contribution < -0.4 is 0 Å². The Morgan fingerprint density at radius 1 is 1.37 bits per heavy atom. The zero-order valence-electron chi connectivity index (χ0n) is 11.7. The third-order valence-electron chi connectivity index (χ3n) is 3.12. The highest BCUT2D eigenvalue weighted by molar-refractivity contribution is 7.99. The maximum absolute atomic E-state index is 9.25. The molecule has 1 heterocycles. The van der Waals surface area contributed by atoms with Gasteiger partial charge in [0.15, 0.2) is 0 Å². The van der Waals surface area contributed by atoms with Gasteiger partial charge in [0, 0.05) is 30.3 Å². The summed E-state index contributed by atoms with van der Waals surface area (Å²) in [5.41, 5.74) is 0. The SMILES string of the molecule is CC(C)CN1CCOC(CSc2ccc(O)cc2)C1. The maximum Gasteiger partial charge on any atom is 0.115 e. The van der Waals surface area contributed by atoms with E-state index >= 15 is 0 Å². The Labute approximate surface area is 120 Å². The molecule has 3 nitrogen and oxygen atoms in total. The van der Waals surface area contributed by atoms with Crippen LogP contribution in [0.4, 0.5) is 0 Å². The highest BCUT2D eigenvalue weighted by atomic mass is 32.2. The molecule has 1 aliphatic rings. The summed E-state index contributed by atoms with van der Waals surface area (Å²) in [5, 5.41) is 9.25. The van der Waals surface area contributed by atoms with Crippen LogP contribution in [0, 0.1) is 5.92 Å². The van der Waals surface area contributed by atoms with Gasteiger partial charge in [-0.1, -0.05) is 13.8 Å². The summed E-state index contributed by atoms with van der Waals surface area (Å²) < 4.78 is 5.82. The van der Waals surface area contributed by atoms with E-state index in [1.165, 1.54) is 4.90 Å². The van der Waals surface area contributed by atoms with E-state index in [0.717, 1.165) is 32.0 Å². The lowest BCUT2D eigenvalue weighted by Gasteiger charge is -2.33. The van der Waals surface area contributed by atoms with Crippen molar-refractivity contribution in [3.63, 3.8) is 0 Å².